The van der Waals surface area contributed by atoms with Gasteiger partial charge < -0.3 is 19.8 Å². The summed E-state index contributed by atoms with van der Waals surface area (Å²) in [5.74, 6) is -2.36. The second-order valence-corrected chi connectivity index (χ2v) is 12.2. The van der Waals surface area contributed by atoms with Gasteiger partial charge in [0, 0.05) is 24.3 Å². The van der Waals surface area contributed by atoms with Crippen LogP contribution in [-0.4, -0.2) is 44.2 Å². The van der Waals surface area contributed by atoms with E-state index in [9.17, 15) is 22.8 Å². The number of carbonyl (C=O) groups is 3. The van der Waals surface area contributed by atoms with E-state index in [-0.39, 0.29) is 18.1 Å². The number of sulfonamides is 1. The zero-order chi connectivity index (χ0) is 29.9. The van der Waals surface area contributed by atoms with Gasteiger partial charge in [-0.2, -0.15) is 4.72 Å². The molecule has 0 spiro atoms. The van der Waals surface area contributed by atoms with Gasteiger partial charge in [0.2, 0.25) is 15.9 Å². The third-order valence-corrected chi connectivity index (χ3v) is 8.87. The lowest BCUT2D eigenvalue weighted by molar-refractivity contribution is -0.143. The molecule has 2 atom stereocenters. The monoisotopic (exact) mass is 579 g/mol. The summed E-state index contributed by atoms with van der Waals surface area (Å²) >= 11 is 0. The lowest BCUT2D eigenvalue weighted by atomic mass is 9.96. The molecular weight excluding hydrogens is 546 g/mol. The summed E-state index contributed by atoms with van der Waals surface area (Å²) in [4.78, 5) is 35.9. The van der Waals surface area contributed by atoms with Crippen LogP contribution in [0.15, 0.2) is 71.2 Å². The number of nitrogens with one attached hydrogen (secondary N) is 3. The predicted octanol–water partition coefficient (Wildman–Crippen LogP) is 4.29. The molecular formula is C30H33N3O7S. The molecule has 0 radical (unpaired) electrons. The van der Waals surface area contributed by atoms with Gasteiger partial charge in [-0.1, -0.05) is 62.4 Å². The van der Waals surface area contributed by atoms with Gasteiger partial charge in [0.05, 0.1) is 12.8 Å². The molecule has 0 saturated carbocycles. The first kappa shape index (κ1) is 29.8. The van der Waals surface area contributed by atoms with E-state index in [0.717, 1.165) is 11.1 Å². The fourth-order valence-corrected chi connectivity index (χ4v) is 6.43. The number of allylic oxidation sites excluding steroid dienone is 2. The molecule has 3 N–H and O–H groups in total. The van der Waals surface area contributed by atoms with Gasteiger partial charge in [0.25, 0.3) is 5.91 Å². The third-order valence-electron chi connectivity index (χ3n) is 6.94. The first-order chi connectivity index (χ1) is 19.4. The van der Waals surface area contributed by atoms with Gasteiger partial charge >= 0.3 is 5.97 Å². The number of hydrogen-bond acceptors (Lipinski definition) is 7. The van der Waals surface area contributed by atoms with Crippen LogP contribution in [-0.2, 0) is 24.3 Å². The maximum atomic E-state index is 14.0. The highest BCUT2D eigenvalue weighted by Gasteiger charge is 2.47. The minimum absolute atomic E-state index is 0.105. The number of hydrogen-bond donors (Lipinski definition) is 3. The Morgan fingerprint density at radius 1 is 1.05 bits per heavy atom. The van der Waals surface area contributed by atoms with Crippen LogP contribution >= 0.6 is 0 Å². The van der Waals surface area contributed by atoms with Crippen molar-refractivity contribution in [2.45, 2.75) is 45.0 Å². The maximum absolute atomic E-state index is 14.0. The van der Waals surface area contributed by atoms with E-state index < -0.39 is 38.7 Å². The number of furan rings is 1. The summed E-state index contributed by atoms with van der Waals surface area (Å²) < 4.78 is 41.1. The SMILES string of the molecule is COC(=O)[C@@H](NS(=O)(=O)C1(NC(=O)c2oc3cccc(NC(C)=O)c3c2C)C=CC(c2ccccc2)=CC1)C(C)C. The molecule has 10 nitrogen and oxygen atoms in total. The number of carbonyl (C=O) groups excluding carboxylic acids is 3. The summed E-state index contributed by atoms with van der Waals surface area (Å²) in [5.41, 5.74) is 2.90. The summed E-state index contributed by atoms with van der Waals surface area (Å²) in [7, 11) is -3.25. The average Bonchev–Trinajstić information content (AvgIpc) is 3.29. The highest BCUT2D eigenvalue weighted by molar-refractivity contribution is 7.91. The Labute approximate surface area is 238 Å². The number of rotatable bonds is 9. The van der Waals surface area contributed by atoms with Crippen LogP contribution in [0.1, 0.15) is 48.9 Å². The molecule has 2 aromatic carbocycles. The van der Waals surface area contributed by atoms with Gasteiger partial charge in [0.15, 0.2) is 10.6 Å². The minimum Gasteiger partial charge on any atom is -0.468 e. The summed E-state index contributed by atoms with van der Waals surface area (Å²) in [6, 6.07) is 13.2. The summed E-state index contributed by atoms with van der Waals surface area (Å²) in [6.07, 6.45) is 4.63. The van der Waals surface area contributed by atoms with Gasteiger partial charge in [-0.15, -0.1) is 0 Å². The second-order valence-electron chi connectivity index (χ2n) is 10.2. The van der Waals surface area contributed by atoms with Gasteiger partial charge in [-0.25, -0.2) is 8.42 Å². The summed E-state index contributed by atoms with van der Waals surface area (Å²) in [5, 5.41) is 5.92. The molecule has 41 heavy (non-hydrogen) atoms. The zero-order valence-electron chi connectivity index (χ0n) is 23.5. The lowest BCUT2D eigenvalue weighted by Gasteiger charge is -2.34. The molecule has 3 aromatic rings. The lowest BCUT2D eigenvalue weighted by Crippen LogP contribution is -2.60. The zero-order valence-corrected chi connectivity index (χ0v) is 24.3. The third kappa shape index (κ3) is 5.96. The Morgan fingerprint density at radius 3 is 2.34 bits per heavy atom. The molecule has 0 saturated heterocycles. The Kier molecular flexibility index (Phi) is 8.50. The van der Waals surface area contributed by atoms with Crippen molar-refractivity contribution in [3.8, 4) is 0 Å². The Hall–Kier alpha value is -4.22. The van der Waals surface area contributed by atoms with E-state index in [1.165, 1.54) is 20.1 Å². The predicted molar refractivity (Wildman–Crippen MR) is 156 cm³/mol. The highest BCUT2D eigenvalue weighted by atomic mass is 32.2. The van der Waals surface area contributed by atoms with Crippen molar-refractivity contribution in [1.82, 2.24) is 10.0 Å². The van der Waals surface area contributed by atoms with Crippen LogP contribution < -0.4 is 15.4 Å². The van der Waals surface area contributed by atoms with E-state index in [1.807, 2.05) is 30.3 Å². The standard InChI is InChI=1S/C30H33N3O7S/c1-18(2)26(29(36)39-5)33-41(37,38)30(16-14-22(15-17-30)21-10-7-6-8-11-21)32-28(35)27-19(3)25-23(31-20(4)34)12-9-13-24(25)40-27/h6-16,18,26,33H,17H2,1-5H3,(H,31,34)(H,32,35)/t26-,30?/m0/s1. The number of amides is 2. The van der Waals surface area contributed by atoms with Crippen molar-refractivity contribution in [2.75, 3.05) is 12.4 Å². The van der Waals surface area contributed by atoms with Crippen LogP contribution in [0.5, 0.6) is 0 Å². The molecule has 4 rings (SSSR count). The van der Waals surface area contributed by atoms with Gasteiger partial charge in [-0.05, 0) is 42.2 Å². The minimum atomic E-state index is -4.43. The van der Waals surface area contributed by atoms with Crippen molar-refractivity contribution in [2.24, 2.45) is 5.92 Å². The Balaban J connectivity index is 1.76. The number of fused-ring (bicyclic) bond motifs is 1. The first-order valence-corrected chi connectivity index (χ1v) is 14.5. The molecule has 0 bridgehead atoms. The molecule has 1 aliphatic carbocycles. The highest BCUT2D eigenvalue weighted by Crippen LogP contribution is 2.34. The topological polar surface area (TPSA) is 144 Å². The van der Waals surface area contributed by atoms with Crippen molar-refractivity contribution in [1.29, 1.82) is 0 Å². The average molecular weight is 580 g/mol. The van der Waals surface area contributed by atoms with E-state index in [2.05, 4.69) is 15.4 Å². The van der Waals surface area contributed by atoms with E-state index in [4.69, 9.17) is 9.15 Å². The molecule has 1 heterocycles. The molecule has 2 amide bonds. The smallest absolute Gasteiger partial charge is 0.324 e. The van der Waals surface area contributed by atoms with Crippen LogP contribution in [0.4, 0.5) is 5.69 Å². The first-order valence-electron chi connectivity index (χ1n) is 13.1. The van der Waals surface area contributed by atoms with Crippen LogP contribution in [0.3, 0.4) is 0 Å². The van der Waals surface area contributed by atoms with E-state index >= 15 is 0 Å². The number of aryl methyl sites for hydroxylation is 1. The normalized spacial score (nSPS) is 17.7. The van der Waals surface area contributed by atoms with Gasteiger partial charge in [0.1, 0.15) is 11.6 Å². The second kappa shape index (κ2) is 11.7. The number of benzene rings is 2. The van der Waals surface area contributed by atoms with E-state index in [0.29, 0.717) is 22.2 Å². The van der Waals surface area contributed by atoms with Crippen molar-refractivity contribution < 1.29 is 32.0 Å². The van der Waals surface area contributed by atoms with Crippen LogP contribution in [0, 0.1) is 12.8 Å². The summed E-state index contributed by atoms with van der Waals surface area (Å²) in [6.45, 7) is 6.39. The van der Waals surface area contributed by atoms with Crippen molar-refractivity contribution in [3.05, 3.63) is 83.6 Å². The fourth-order valence-electron chi connectivity index (χ4n) is 4.74. The number of esters is 1. The number of methoxy groups -OCH3 is 1. The number of ether oxygens (including phenoxy) is 1. The molecule has 11 heteroatoms. The largest absolute Gasteiger partial charge is 0.468 e. The van der Waals surface area contributed by atoms with E-state index in [1.54, 1.807) is 51.1 Å². The molecule has 1 aromatic heterocycles. The number of anilines is 1. The molecule has 216 valence electrons. The van der Waals surface area contributed by atoms with Crippen molar-refractivity contribution in [3.63, 3.8) is 0 Å². The van der Waals surface area contributed by atoms with Gasteiger partial charge in [-0.3, -0.25) is 14.4 Å². The van der Waals surface area contributed by atoms with Crippen molar-refractivity contribution >= 4 is 50.0 Å². The molecule has 1 aliphatic rings. The Bertz CT molecular complexity index is 1660. The molecule has 0 fully saturated rings. The fraction of sp³-hybridized carbons (Fsp3) is 0.300. The molecule has 1 unspecified atom stereocenters. The maximum Gasteiger partial charge on any atom is 0.324 e. The molecule has 0 aliphatic heterocycles. The quantitative estimate of drug-likeness (QED) is 0.321. The van der Waals surface area contributed by atoms with Crippen LogP contribution in [0.2, 0.25) is 0 Å². The Morgan fingerprint density at radius 2 is 1.76 bits per heavy atom. The van der Waals surface area contributed by atoms with Crippen LogP contribution in [0.25, 0.3) is 16.5 Å².